The van der Waals surface area contributed by atoms with Gasteiger partial charge in [-0.25, -0.2) is 4.39 Å². The normalized spacial score (nSPS) is 17.6. The average molecular weight is 331 g/mol. The maximum Gasteiger partial charge on any atom is 0.253 e. The minimum Gasteiger partial charge on any atom is -0.366 e. The Balaban J connectivity index is 0.00000242. The highest BCUT2D eigenvalue weighted by Crippen LogP contribution is 2.08. The molecule has 124 valence electrons. The van der Waals surface area contributed by atoms with E-state index >= 15 is 0 Å². The van der Waals surface area contributed by atoms with Crippen molar-refractivity contribution in [3.05, 3.63) is 35.6 Å². The highest BCUT2D eigenvalue weighted by Gasteiger charge is 2.26. The summed E-state index contributed by atoms with van der Waals surface area (Å²) in [5.41, 5.74) is 0.909. The van der Waals surface area contributed by atoms with Gasteiger partial charge in [-0.15, -0.1) is 12.4 Å². The van der Waals surface area contributed by atoms with Crippen LogP contribution < -0.4 is 5.32 Å². The maximum atomic E-state index is 13.2. The Hall–Kier alpha value is -1.17. The first-order valence-electron chi connectivity index (χ1n) is 7.56. The standard InChI is InChI=1S/C16H23FN2O2.ClH/c1-2-8-19(16(20)15-12-18-7-10-21-15)9-6-13-4-3-5-14(17)11-13;/h3-5,11,15,18H,2,6-10,12H2,1H3;1H. The quantitative estimate of drug-likeness (QED) is 0.867. The van der Waals surface area contributed by atoms with Gasteiger partial charge in [-0.2, -0.15) is 0 Å². The zero-order valence-corrected chi connectivity index (χ0v) is 13.7. The Labute approximate surface area is 137 Å². The lowest BCUT2D eigenvalue weighted by Crippen LogP contribution is -2.50. The van der Waals surface area contributed by atoms with E-state index in [1.54, 1.807) is 6.07 Å². The number of carbonyl (C=O) groups excluding carboxylic acids is 1. The van der Waals surface area contributed by atoms with Gasteiger partial charge >= 0.3 is 0 Å². The van der Waals surface area contributed by atoms with E-state index in [0.29, 0.717) is 32.7 Å². The number of ether oxygens (including phenoxy) is 1. The number of morpholine rings is 1. The molecule has 22 heavy (non-hydrogen) atoms. The minimum atomic E-state index is -0.391. The van der Waals surface area contributed by atoms with Crippen LogP contribution in [0, 0.1) is 5.82 Å². The number of hydrogen-bond acceptors (Lipinski definition) is 3. The van der Waals surface area contributed by atoms with Crippen molar-refractivity contribution in [2.24, 2.45) is 0 Å². The van der Waals surface area contributed by atoms with Crippen LogP contribution in [0.4, 0.5) is 4.39 Å². The molecule has 1 aliphatic rings. The summed E-state index contributed by atoms with van der Waals surface area (Å²) in [5.74, 6) is -0.207. The van der Waals surface area contributed by atoms with Crippen molar-refractivity contribution in [3.63, 3.8) is 0 Å². The number of rotatable bonds is 6. The van der Waals surface area contributed by atoms with Gasteiger partial charge in [0.15, 0.2) is 0 Å². The Morgan fingerprint density at radius 2 is 2.27 bits per heavy atom. The first-order valence-corrected chi connectivity index (χ1v) is 7.56. The highest BCUT2D eigenvalue weighted by molar-refractivity contribution is 5.85. The summed E-state index contributed by atoms with van der Waals surface area (Å²) in [7, 11) is 0. The Morgan fingerprint density at radius 1 is 1.45 bits per heavy atom. The van der Waals surface area contributed by atoms with Crippen LogP contribution in [0.2, 0.25) is 0 Å². The predicted octanol–water partition coefficient (Wildman–Crippen LogP) is 2.02. The Kier molecular flexibility index (Phi) is 8.38. The third-order valence-corrected chi connectivity index (χ3v) is 3.57. The molecule has 1 heterocycles. The van der Waals surface area contributed by atoms with Crippen molar-refractivity contribution < 1.29 is 13.9 Å². The summed E-state index contributed by atoms with van der Waals surface area (Å²) in [5, 5.41) is 3.17. The summed E-state index contributed by atoms with van der Waals surface area (Å²) in [4.78, 5) is 14.3. The molecule has 0 spiro atoms. The second-order valence-corrected chi connectivity index (χ2v) is 5.27. The third-order valence-electron chi connectivity index (χ3n) is 3.57. The largest absolute Gasteiger partial charge is 0.366 e. The van der Waals surface area contributed by atoms with Crippen molar-refractivity contribution >= 4 is 18.3 Å². The van der Waals surface area contributed by atoms with Gasteiger partial charge in [-0.05, 0) is 30.5 Å². The van der Waals surface area contributed by atoms with Crippen molar-refractivity contribution in [2.75, 3.05) is 32.8 Å². The lowest BCUT2D eigenvalue weighted by molar-refractivity contribution is -0.145. The van der Waals surface area contributed by atoms with Crippen LogP contribution in [0.1, 0.15) is 18.9 Å². The van der Waals surface area contributed by atoms with Gasteiger partial charge in [0.25, 0.3) is 5.91 Å². The molecule has 1 aromatic rings. The first-order chi connectivity index (χ1) is 10.2. The summed E-state index contributed by atoms with van der Waals surface area (Å²) >= 11 is 0. The number of benzene rings is 1. The summed E-state index contributed by atoms with van der Waals surface area (Å²) < 4.78 is 18.7. The Bertz CT molecular complexity index is 467. The molecule has 1 amide bonds. The highest BCUT2D eigenvalue weighted by atomic mass is 35.5. The van der Waals surface area contributed by atoms with E-state index in [-0.39, 0.29) is 24.1 Å². The number of hydrogen-bond donors (Lipinski definition) is 1. The third kappa shape index (κ3) is 5.55. The molecule has 1 aromatic carbocycles. The van der Waals surface area contributed by atoms with Gasteiger partial charge in [0.1, 0.15) is 11.9 Å². The lowest BCUT2D eigenvalue weighted by atomic mass is 10.1. The van der Waals surface area contributed by atoms with Gasteiger partial charge in [-0.1, -0.05) is 19.1 Å². The van der Waals surface area contributed by atoms with E-state index in [4.69, 9.17) is 4.74 Å². The molecule has 0 bridgehead atoms. The molecule has 2 rings (SSSR count). The molecule has 0 saturated carbocycles. The van der Waals surface area contributed by atoms with Gasteiger partial charge in [0.05, 0.1) is 6.61 Å². The van der Waals surface area contributed by atoms with Crippen LogP contribution in [-0.2, 0) is 16.0 Å². The number of halogens is 2. The predicted molar refractivity (Wildman–Crippen MR) is 86.8 cm³/mol. The molecule has 1 unspecified atom stereocenters. The topological polar surface area (TPSA) is 41.6 Å². The van der Waals surface area contributed by atoms with E-state index in [9.17, 15) is 9.18 Å². The van der Waals surface area contributed by atoms with Gasteiger partial charge in [0.2, 0.25) is 0 Å². The molecule has 0 radical (unpaired) electrons. The number of nitrogens with zero attached hydrogens (tertiary/aromatic N) is 1. The minimum absolute atomic E-state index is 0. The first kappa shape index (κ1) is 18.9. The van der Waals surface area contributed by atoms with E-state index < -0.39 is 6.10 Å². The van der Waals surface area contributed by atoms with Crippen molar-refractivity contribution in [2.45, 2.75) is 25.9 Å². The Morgan fingerprint density at radius 3 is 2.91 bits per heavy atom. The summed E-state index contributed by atoms with van der Waals surface area (Å²) in [6.45, 7) is 5.27. The van der Waals surface area contributed by atoms with Crippen LogP contribution >= 0.6 is 12.4 Å². The van der Waals surface area contributed by atoms with E-state index in [1.165, 1.54) is 12.1 Å². The maximum absolute atomic E-state index is 13.2. The number of amides is 1. The fraction of sp³-hybridized carbons (Fsp3) is 0.562. The summed E-state index contributed by atoms with van der Waals surface area (Å²) in [6, 6.07) is 6.54. The average Bonchev–Trinajstić information content (AvgIpc) is 2.52. The number of nitrogens with one attached hydrogen (secondary N) is 1. The molecule has 0 aromatic heterocycles. The van der Waals surface area contributed by atoms with Gasteiger partial charge in [0, 0.05) is 26.2 Å². The lowest BCUT2D eigenvalue weighted by Gasteiger charge is -2.29. The fourth-order valence-corrected chi connectivity index (χ4v) is 2.49. The molecule has 1 N–H and O–H groups in total. The molecule has 4 nitrogen and oxygen atoms in total. The molecular formula is C16H24ClFN2O2. The van der Waals surface area contributed by atoms with Crippen LogP contribution in [-0.4, -0.2) is 49.7 Å². The van der Waals surface area contributed by atoms with Crippen molar-refractivity contribution in [1.29, 1.82) is 0 Å². The fourth-order valence-electron chi connectivity index (χ4n) is 2.49. The second-order valence-electron chi connectivity index (χ2n) is 5.27. The monoisotopic (exact) mass is 330 g/mol. The molecule has 1 fully saturated rings. The van der Waals surface area contributed by atoms with Crippen LogP contribution in [0.25, 0.3) is 0 Å². The van der Waals surface area contributed by atoms with Crippen LogP contribution in [0.3, 0.4) is 0 Å². The van der Waals surface area contributed by atoms with E-state index in [2.05, 4.69) is 5.32 Å². The molecule has 1 aliphatic heterocycles. The SMILES string of the molecule is CCCN(CCc1cccc(F)c1)C(=O)C1CNCCO1.Cl. The summed E-state index contributed by atoms with van der Waals surface area (Å²) in [6.07, 6.45) is 1.16. The van der Waals surface area contributed by atoms with E-state index in [1.807, 2.05) is 17.9 Å². The van der Waals surface area contributed by atoms with Gasteiger partial charge in [-0.3, -0.25) is 4.79 Å². The molecule has 0 aliphatic carbocycles. The van der Waals surface area contributed by atoms with Crippen molar-refractivity contribution in [3.8, 4) is 0 Å². The molecule has 1 atom stereocenters. The van der Waals surface area contributed by atoms with Gasteiger partial charge < -0.3 is 15.0 Å². The van der Waals surface area contributed by atoms with Crippen LogP contribution in [0.15, 0.2) is 24.3 Å². The van der Waals surface area contributed by atoms with Crippen molar-refractivity contribution in [1.82, 2.24) is 10.2 Å². The second kappa shape index (κ2) is 9.77. The van der Waals surface area contributed by atoms with Crippen LogP contribution in [0.5, 0.6) is 0 Å². The molecule has 1 saturated heterocycles. The molecule has 6 heteroatoms. The number of carbonyl (C=O) groups is 1. The zero-order valence-electron chi connectivity index (χ0n) is 12.9. The van der Waals surface area contributed by atoms with E-state index in [0.717, 1.165) is 18.5 Å². The zero-order chi connectivity index (χ0) is 15.1. The molecular weight excluding hydrogens is 307 g/mol. The smallest absolute Gasteiger partial charge is 0.253 e.